The third-order valence-corrected chi connectivity index (χ3v) is 9.73. The Bertz CT molecular complexity index is 2860. The Balaban J connectivity index is 1.16. The van der Waals surface area contributed by atoms with E-state index in [1.807, 2.05) is 12.1 Å². The van der Waals surface area contributed by atoms with Crippen LogP contribution in [0.2, 0.25) is 0 Å². The fraction of sp³-hybridized carbons (Fsp3) is 0. The molecular formula is C46H30N4. The van der Waals surface area contributed by atoms with Crippen LogP contribution in [0.1, 0.15) is 0 Å². The summed E-state index contributed by atoms with van der Waals surface area (Å²) in [4.78, 5) is 10.4. The van der Waals surface area contributed by atoms with Crippen LogP contribution in [0.3, 0.4) is 0 Å². The van der Waals surface area contributed by atoms with E-state index in [4.69, 9.17) is 9.97 Å². The van der Waals surface area contributed by atoms with E-state index >= 15 is 0 Å². The lowest BCUT2D eigenvalue weighted by molar-refractivity contribution is 1.12. The van der Waals surface area contributed by atoms with E-state index in [1.165, 1.54) is 27.2 Å². The number of hydrogen-bond donors (Lipinski definition) is 0. The maximum atomic E-state index is 5.28. The Labute approximate surface area is 289 Å². The van der Waals surface area contributed by atoms with Gasteiger partial charge in [0.15, 0.2) is 5.82 Å². The van der Waals surface area contributed by atoms with E-state index in [0.717, 1.165) is 55.7 Å². The molecule has 0 N–H and O–H groups in total. The van der Waals surface area contributed by atoms with Crippen LogP contribution >= 0.6 is 0 Å². The average Bonchev–Trinajstić information content (AvgIpc) is 3.76. The van der Waals surface area contributed by atoms with Gasteiger partial charge in [-0.3, -0.25) is 0 Å². The van der Waals surface area contributed by atoms with Gasteiger partial charge >= 0.3 is 0 Å². The molecule has 0 fully saturated rings. The van der Waals surface area contributed by atoms with Crippen molar-refractivity contribution in [1.82, 2.24) is 19.1 Å². The third kappa shape index (κ3) is 4.61. The van der Waals surface area contributed by atoms with Gasteiger partial charge in [-0.15, -0.1) is 0 Å². The lowest BCUT2D eigenvalue weighted by Crippen LogP contribution is -1.98. The van der Waals surface area contributed by atoms with Gasteiger partial charge in [0.05, 0.1) is 27.8 Å². The smallest absolute Gasteiger partial charge is 0.160 e. The van der Waals surface area contributed by atoms with E-state index in [-0.39, 0.29) is 0 Å². The molecule has 0 bridgehead atoms. The minimum atomic E-state index is 0.701. The maximum absolute atomic E-state index is 5.28. The van der Waals surface area contributed by atoms with Crippen LogP contribution in [0.4, 0.5) is 0 Å². The first-order valence-electron chi connectivity index (χ1n) is 16.9. The Kier molecular flexibility index (Phi) is 6.46. The minimum Gasteiger partial charge on any atom is -0.316 e. The predicted molar refractivity (Wildman–Crippen MR) is 207 cm³/mol. The Hall–Kier alpha value is -6.78. The fourth-order valence-electron chi connectivity index (χ4n) is 7.38. The van der Waals surface area contributed by atoms with Crippen molar-refractivity contribution in [3.05, 3.63) is 182 Å². The average molecular weight is 639 g/mol. The van der Waals surface area contributed by atoms with Gasteiger partial charge in [-0.1, -0.05) is 115 Å². The Morgan fingerprint density at radius 3 is 1.94 bits per heavy atom. The number of nitrogens with zero attached hydrogens (tertiary/aromatic N) is 4. The van der Waals surface area contributed by atoms with Gasteiger partial charge in [0.2, 0.25) is 0 Å². The molecule has 0 atom stereocenters. The van der Waals surface area contributed by atoms with Crippen LogP contribution in [0.15, 0.2) is 182 Å². The van der Waals surface area contributed by atoms with E-state index in [1.54, 1.807) is 0 Å². The second-order valence-corrected chi connectivity index (χ2v) is 12.7. The molecule has 0 unspecified atom stereocenters. The lowest BCUT2D eigenvalue weighted by Gasteiger charge is -2.13. The van der Waals surface area contributed by atoms with Gasteiger partial charge in [0.1, 0.15) is 0 Å². The number of para-hydroxylation sites is 3. The molecule has 10 rings (SSSR count). The van der Waals surface area contributed by atoms with Gasteiger partial charge < -0.3 is 9.13 Å². The highest BCUT2D eigenvalue weighted by molar-refractivity contribution is 6.13. The zero-order chi connectivity index (χ0) is 33.0. The Morgan fingerprint density at radius 2 is 1.06 bits per heavy atom. The standard InChI is InChI=1S/C46H30N4/c1-3-13-31(14-4-1)32-15-11-16-34(27-32)45-39-22-7-9-23-41(39)47-46(48-45)35-17-12-20-37(28-35)50-42-24-10-8-21-38(42)40-29-33-25-26-49(43(33)30-44(40)50)36-18-5-2-6-19-36/h1-30H. The lowest BCUT2D eigenvalue weighted by atomic mass is 9.99. The number of hydrogen-bond acceptors (Lipinski definition) is 2. The van der Waals surface area contributed by atoms with E-state index < -0.39 is 0 Å². The van der Waals surface area contributed by atoms with Crippen molar-refractivity contribution in [2.45, 2.75) is 0 Å². The van der Waals surface area contributed by atoms with Crippen LogP contribution in [0.5, 0.6) is 0 Å². The van der Waals surface area contributed by atoms with Crippen LogP contribution in [-0.2, 0) is 0 Å². The molecule has 0 amide bonds. The fourth-order valence-corrected chi connectivity index (χ4v) is 7.38. The molecule has 3 aromatic heterocycles. The molecule has 0 spiro atoms. The van der Waals surface area contributed by atoms with Gasteiger partial charge in [-0.05, 0) is 71.8 Å². The van der Waals surface area contributed by atoms with E-state index in [2.05, 4.69) is 179 Å². The first-order chi connectivity index (χ1) is 24.8. The monoisotopic (exact) mass is 638 g/mol. The largest absolute Gasteiger partial charge is 0.316 e. The summed E-state index contributed by atoms with van der Waals surface area (Å²) >= 11 is 0. The third-order valence-electron chi connectivity index (χ3n) is 9.73. The molecule has 3 heterocycles. The summed E-state index contributed by atoms with van der Waals surface area (Å²) in [5, 5.41) is 4.70. The summed E-state index contributed by atoms with van der Waals surface area (Å²) in [7, 11) is 0. The Morgan fingerprint density at radius 1 is 0.380 bits per heavy atom. The number of benzene rings is 7. The van der Waals surface area contributed by atoms with Crippen molar-refractivity contribution in [3.63, 3.8) is 0 Å². The second-order valence-electron chi connectivity index (χ2n) is 12.7. The highest BCUT2D eigenvalue weighted by atomic mass is 15.0. The highest BCUT2D eigenvalue weighted by Crippen LogP contribution is 2.37. The summed E-state index contributed by atoms with van der Waals surface area (Å²) < 4.78 is 4.64. The van der Waals surface area contributed by atoms with Crippen molar-refractivity contribution in [3.8, 4) is 45.1 Å². The van der Waals surface area contributed by atoms with Crippen LogP contribution in [0.25, 0.3) is 88.8 Å². The molecule has 0 saturated carbocycles. The van der Waals surface area contributed by atoms with Crippen molar-refractivity contribution in [1.29, 1.82) is 0 Å². The summed E-state index contributed by atoms with van der Waals surface area (Å²) in [6.45, 7) is 0. The number of rotatable bonds is 5. The molecule has 7 aromatic carbocycles. The van der Waals surface area contributed by atoms with Crippen molar-refractivity contribution in [2.24, 2.45) is 0 Å². The predicted octanol–water partition coefficient (Wildman–Crippen LogP) is 11.7. The molecule has 4 heteroatoms. The molecule has 0 aliphatic carbocycles. The first-order valence-corrected chi connectivity index (χ1v) is 16.9. The van der Waals surface area contributed by atoms with Crippen LogP contribution in [-0.4, -0.2) is 19.1 Å². The quantitative estimate of drug-likeness (QED) is 0.188. The van der Waals surface area contributed by atoms with Crippen molar-refractivity contribution in [2.75, 3.05) is 0 Å². The molecule has 0 aliphatic rings. The summed E-state index contributed by atoms with van der Waals surface area (Å²) in [6, 6.07) is 62.1. The maximum Gasteiger partial charge on any atom is 0.160 e. The normalized spacial score (nSPS) is 11.6. The van der Waals surface area contributed by atoms with Gasteiger partial charge in [0.25, 0.3) is 0 Å². The van der Waals surface area contributed by atoms with E-state index in [9.17, 15) is 0 Å². The minimum absolute atomic E-state index is 0.701. The van der Waals surface area contributed by atoms with E-state index in [0.29, 0.717) is 5.82 Å². The topological polar surface area (TPSA) is 35.6 Å². The van der Waals surface area contributed by atoms with Crippen LogP contribution < -0.4 is 0 Å². The van der Waals surface area contributed by atoms with Gasteiger partial charge in [0, 0.05) is 50.2 Å². The summed E-state index contributed by atoms with van der Waals surface area (Å²) in [5.74, 6) is 0.701. The molecular weight excluding hydrogens is 609 g/mol. The molecule has 0 aliphatic heterocycles. The molecule has 4 nitrogen and oxygen atoms in total. The summed E-state index contributed by atoms with van der Waals surface area (Å²) in [6.07, 6.45) is 2.16. The SMILES string of the molecule is c1ccc(-c2cccc(-c3nc(-c4cccc(-n5c6ccccc6c6cc7ccn(-c8ccccc8)c7cc65)c4)nc4ccccc34)c2)cc1. The van der Waals surface area contributed by atoms with Crippen molar-refractivity contribution >= 4 is 43.6 Å². The molecule has 50 heavy (non-hydrogen) atoms. The van der Waals surface area contributed by atoms with Crippen LogP contribution in [0, 0.1) is 0 Å². The first kappa shape index (κ1) is 28.3. The molecule has 0 saturated heterocycles. The highest BCUT2D eigenvalue weighted by Gasteiger charge is 2.17. The molecule has 0 radical (unpaired) electrons. The van der Waals surface area contributed by atoms with Gasteiger partial charge in [-0.25, -0.2) is 9.97 Å². The molecule has 234 valence electrons. The van der Waals surface area contributed by atoms with Crippen molar-refractivity contribution < 1.29 is 0 Å². The zero-order valence-corrected chi connectivity index (χ0v) is 27.1. The second kappa shape index (κ2) is 11.4. The molecule has 10 aromatic rings. The number of aromatic nitrogens is 4. The van der Waals surface area contributed by atoms with Gasteiger partial charge in [-0.2, -0.15) is 0 Å². The zero-order valence-electron chi connectivity index (χ0n) is 27.1. The number of fused-ring (bicyclic) bond motifs is 5. The summed E-state index contributed by atoms with van der Waals surface area (Å²) in [5.41, 5.74) is 11.9.